The first-order valence-electron chi connectivity index (χ1n) is 6.96. The highest BCUT2D eigenvalue weighted by molar-refractivity contribution is 5.88. The summed E-state index contributed by atoms with van der Waals surface area (Å²) in [7, 11) is 0. The van der Waals surface area contributed by atoms with E-state index in [0.29, 0.717) is 18.6 Å². The fourth-order valence-electron chi connectivity index (χ4n) is 2.27. The highest BCUT2D eigenvalue weighted by atomic mass is 16.7. The van der Waals surface area contributed by atoms with Gasteiger partial charge < -0.3 is 19.9 Å². The molecule has 20 heavy (non-hydrogen) atoms. The van der Waals surface area contributed by atoms with Crippen molar-refractivity contribution in [3.05, 3.63) is 24.3 Å². The Hall–Kier alpha value is -1.59. The molecule has 1 heterocycles. The van der Waals surface area contributed by atoms with Crippen LogP contribution in [0.5, 0.6) is 5.75 Å². The van der Waals surface area contributed by atoms with Gasteiger partial charge in [-0.3, -0.25) is 4.79 Å². The molecule has 1 aliphatic rings. The fraction of sp³-hybridized carbons (Fsp3) is 0.533. The SMILES string of the molecule is CC[C@H]1O[C@H](Oc2ccc(NC(C)=O)cc2)CC[C@@H]1O. The summed E-state index contributed by atoms with van der Waals surface area (Å²) in [6.07, 6.45) is 1.24. The van der Waals surface area contributed by atoms with Gasteiger partial charge in [0.1, 0.15) is 5.75 Å². The van der Waals surface area contributed by atoms with E-state index in [9.17, 15) is 9.90 Å². The van der Waals surface area contributed by atoms with Crippen LogP contribution >= 0.6 is 0 Å². The quantitative estimate of drug-likeness (QED) is 0.887. The van der Waals surface area contributed by atoms with Gasteiger partial charge in [0, 0.05) is 19.0 Å². The van der Waals surface area contributed by atoms with Gasteiger partial charge in [-0.05, 0) is 37.1 Å². The lowest BCUT2D eigenvalue weighted by Crippen LogP contribution is -2.40. The summed E-state index contributed by atoms with van der Waals surface area (Å²) in [5.41, 5.74) is 0.733. The molecule has 0 spiro atoms. The van der Waals surface area contributed by atoms with Crippen molar-refractivity contribution in [2.75, 3.05) is 5.32 Å². The Morgan fingerprint density at radius 1 is 1.40 bits per heavy atom. The zero-order valence-electron chi connectivity index (χ0n) is 11.8. The molecule has 5 heteroatoms. The standard InChI is InChI=1S/C15H21NO4/c1-3-14-13(18)8-9-15(20-14)19-12-6-4-11(5-7-12)16-10(2)17/h4-7,13-15,18H,3,8-9H2,1-2H3,(H,16,17)/t13-,14+,15-/m0/s1. The van der Waals surface area contributed by atoms with Crippen molar-refractivity contribution in [2.24, 2.45) is 0 Å². The number of aliphatic hydroxyl groups is 1. The second-order valence-corrected chi connectivity index (χ2v) is 4.98. The second-order valence-electron chi connectivity index (χ2n) is 4.98. The number of anilines is 1. The van der Waals surface area contributed by atoms with Gasteiger partial charge in [0.25, 0.3) is 0 Å². The summed E-state index contributed by atoms with van der Waals surface area (Å²) < 4.78 is 11.5. The number of carbonyl (C=O) groups is 1. The van der Waals surface area contributed by atoms with Crippen LogP contribution in [0.4, 0.5) is 5.69 Å². The van der Waals surface area contributed by atoms with Gasteiger partial charge in [0.2, 0.25) is 5.91 Å². The molecule has 1 aromatic carbocycles. The Kier molecular flexibility index (Phi) is 4.98. The molecule has 110 valence electrons. The van der Waals surface area contributed by atoms with E-state index in [1.165, 1.54) is 6.92 Å². The first-order chi connectivity index (χ1) is 9.58. The summed E-state index contributed by atoms with van der Waals surface area (Å²) >= 11 is 0. The van der Waals surface area contributed by atoms with E-state index in [-0.39, 0.29) is 18.3 Å². The first kappa shape index (κ1) is 14.8. The Morgan fingerprint density at radius 3 is 2.70 bits per heavy atom. The van der Waals surface area contributed by atoms with Crippen LogP contribution in [0.15, 0.2) is 24.3 Å². The number of hydrogen-bond donors (Lipinski definition) is 2. The normalized spacial score (nSPS) is 26.1. The number of benzene rings is 1. The Bertz CT molecular complexity index is 446. The van der Waals surface area contributed by atoms with Gasteiger partial charge in [-0.2, -0.15) is 0 Å². The lowest BCUT2D eigenvalue weighted by molar-refractivity contribution is -0.186. The number of rotatable bonds is 4. The van der Waals surface area contributed by atoms with Crippen molar-refractivity contribution in [2.45, 2.75) is 51.6 Å². The minimum Gasteiger partial charge on any atom is -0.465 e. The average Bonchev–Trinajstić information content (AvgIpc) is 2.42. The molecule has 5 nitrogen and oxygen atoms in total. The van der Waals surface area contributed by atoms with Gasteiger partial charge >= 0.3 is 0 Å². The number of carbonyl (C=O) groups excluding carboxylic acids is 1. The van der Waals surface area contributed by atoms with Crippen LogP contribution in [-0.2, 0) is 9.53 Å². The van der Waals surface area contributed by atoms with Gasteiger partial charge in [0.15, 0.2) is 6.29 Å². The number of ether oxygens (including phenoxy) is 2. The summed E-state index contributed by atoms with van der Waals surface area (Å²) in [6, 6.07) is 7.15. The van der Waals surface area contributed by atoms with Crippen LogP contribution in [0.2, 0.25) is 0 Å². The minimum atomic E-state index is -0.401. The Morgan fingerprint density at radius 2 is 2.10 bits per heavy atom. The second kappa shape index (κ2) is 6.72. The molecule has 1 fully saturated rings. The monoisotopic (exact) mass is 279 g/mol. The number of hydrogen-bond acceptors (Lipinski definition) is 4. The summed E-state index contributed by atoms with van der Waals surface area (Å²) in [4.78, 5) is 10.9. The molecule has 0 saturated carbocycles. The Labute approximate surface area is 118 Å². The van der Waals surface area contributed by atoms with Crippen molar-refractivity contribution in [1.82, 2.24) is 0 Å². The maximum atomic E-state index is 10.9. The molecule has 0 aliphatic carbocycles. The summed E-state index contributed by atoms with van der Waals surface area (Å²) in [6.45, 7) is 3.45. The van der Waals surface area contributed by atoms with E-state index in [4.69, 9.17) is 9.47 Å². The van der Waals surface area contributed by atoms with Crippen molar-refractivity contribution in [3.8, 4) is 5.75 Å². The largest absolute Gasteiger partial charge is 0.465 e. The molecule has 0 radical (unpaired) electrons. The van der Waals surface area contributed by atoms with Gasteiger partial charge in [0.05, 0.1) is 12.2 Å². The third-order valence-electron chi connectivity index (χ3n) is 3.30. The zero-order chi connectivity index (χ0) is 14.5. The first-order valence-corrected chi connectivity index (χ1v) is 6.96. The third-order valence-corrected chi connectivity index (χ3v) is 3.30. The lowest BCUT2D eigenvalue weighted by atomic mass is 10.0. The van der Waals surface area contributed by atoms with Crippen molar-refractivity contribution in [1.29, 1.82) is 0 Å². The predicted molar refractivity (Wildman–Crippen MR) is 75.6 cm³/mol. The lowest BCUT2D eigenvalue weighted by Gasteiger charge is -2.33. The number of amides is 1. The summed E-state index contributed by atoms with van der Waals surface area (Å²) in [5, 5.41) is 12.5. The molecule has 2 N–H and O–H groups in total. The van der Waals surface area contributed by atoms with Gasteiger partial charge in [-0.15, -0.1) is 0 Å². The molecule has 0 unspecified atom stereocenters. The van der Waals surface area contributed by atoms with Crippen LogP contribution < -0.4 is 10.1 Å². The van der Waals surface area contributed by atoms with Gasteiger partial charge in [-0.1, -0.05) is 6.92 Å². The van der Waals surface area contributed by atoms with Crippen molar-refractivity contribution in [3.63, 3.8) is 0 Å². The molecule has 1 saturated heterocycles. The molecular weight excluding hydrogens is 258 g/mol. The smallest absolute Gasteiger partial charge is 0.221 e. The zero-order valence-corrected chi connectivity index (χ0v) is 11.8. The topological polar surface area (TPSA) is 67.8 Å². The van der Waals surface area contributed by atoms with Crippen LogP contribution in [0.1, 0.15) is 33.1 Å². The highest BCUT2D eigenvalue weighted by Crippen LogP contribution is 2.25. The van der Waals surface area contributed by atoms with Crippen molar-refractivity contribution < 1.29 is 19.4 Å². The van der Waals surface area contributed by atoms with Crippen LogP contribution in [0.25, 0.3) is 0 Å². The van der Waals surface area contributed by atoms with E-state index >= 15 is 0 Å². The van der Waals surface area contributed by atoms with Crippen LogP contribution in [-0.4, -0.2) is 29.5 Å². The van der Waals surface area contributed by atoms with E-state index in [2.05, 4.69) is 5.32 Å². The molecule has 1 aliphatic heterocycles. The summed E-state index contributed by atoms with van der Waals surface area (Å²) in [5.74, 6) is 0.587. The Balaban J connectivity index is 1.91. The van der Waals surface area contributed by atoms with E-state index < -0.39 is 6.10 Å². The molecule has 0 aromatic heterocycles. The van der Waals surface area contributed by atoms with E-state index in [1.54, 1.807) is 24.3 Å². The number of nitrogens with one attached hydrogen (secondary N) is 1. The molecule has 1 aromatic rings. The van der Waals surface area contributed by atoms with E-state index in [1.807, 2.05) is 6.92 Å². The predicted octanol–water partition coefficient (Wildman–Crippen LogP) is 2.30. The number of aliphatic hydroxyl groups excluding tert-OH is 1. The van der Waals surface area contributed by atoms with Crippen LogP contribution in [0, 0.1) is 0 Å². The molecular formula is C15H21NO4. The molecule has 0 bridgehead atoms. The maximum Gasteiger partial charge on any atom is 0.221 e. The molecule has 1 amide bonds. The molecule has 3 atom stereocenters. The minimum absolute atomic E-state index is 0.103. The fourth-order valence-corrected chi connectivity index (χ4v) is 2.27. The third kappa shape index (κ3) is 3.95. The highest BCUT2D eigenvalue weighted by Gasteiger charge is 2.29. The van der Waals surface area contributed by atoms with E-state index in [0.717, 1.165) is 12.1 Å². The van der Waals surface area contributed by atoms with Crippen molar-refractivity contribution >= 4 is 11.6 Å². The van der Waals surface area contributed by atoms with Crippen LogP contribution in [0.3, 0.4) is 0 Å². The maximum absolute atomic E-state index is 10.9. The molecule has 2 rings (SSSR count). The van der Waals surface area contributed by atoms with Gasteiger partial charge in [-0.25, -0.2) is 0 Å². The average molecular weight is 279 g/mol.